The predicted octanol–water partition coefficient (Wildman–Crippen LogP) is 11.8. The number of terminal acetylenes is 1. The Morgan fingerprint density at radius 2 is 1.11 bits per heavy atom. The first-order valence-electron chi connectivity index (χ1n) is 15.2. The van der Waals surface area contributed by atoms with Gasteiger partial charge < -0.3 is 9.80 Å². The highest BCUT2D eigenvalue weighted by Gasteiger charge is 2.18. The van der Waals surface area contributed by atoms with E-state index in [1.54, 1.807) is 6.08 Å². The van der Waals surface area contributed by atoms with Gasteiger partial charge in [0.1, 0.15) is 0 Å². The zero-order valence-corrected chi connectivity index (χ0v) is 25.1. The van der Waals surface area contributed by atoms with Crippen LogP contribution in [0.4, 0.5) is 28.4 Å². The maximum Gasteiger partial charge on any atom is 0.0540 e. The molecule has 0 aliphatic rings. The van der Waals surface area contributed by atoms with E-state index in [9.17, 15) is 0 Å². The van der Waals surface area contributed by atoms with Crippen molar-refractivity contribution in [2.24, 2.45) is 0 Å². The van der Waals surface area contributed by atoms with Gasteiger partial charge in [-0.1, -0.05) is 96.9 Å². The van der Waals surface area contributed by atoms with Crippen LogP contribution >= 0.6 is 0 Å². The highest BCUT2D eigenvalue weighted by molar-refractivity contribution is 6.14. The molecule has 45 heavy (non-hydrogen) atoms. The third kappa shape index (κ3) is 5.33. The van der Waals surface area contributed by atoms with E-state index < -0.39 is 0 Å². The van der Waals surface area contributed by atoms with Crippen LogP contribution in [0.1, 0.15) is 6.92 Å². The topological polar surface area (TPSA) is 6.48 Å². The van der Waals surface area contributed by atoms with E-state index in [-0.39, 0.29) is 0 Å². The Kier molecular flexibility index (Phi) is 7.58. The van der Waals surface area contributed by atoms with Crippen LogP contribution in [-0.4, -0.2) is 0 Å². The average Bonchev–Trinajstić information content (AvgIpc) is 3.11. The van der Waals surface area contributed by atoms with Gasteiger partial charge in [0.05, 0.1) is 5.69 Å². The zero-order chi connectivity index (χ0) is 30.6. The lowest BCUT2D eigenvalue weighted by atomic mass is 9.97. The Balaban J connectivity index is 1.40. The summed E-state index contributed by atoms with van der Waals surface area (Å²) < 4.78 is 0. The van der Waals surface area contributed by atoms with Gasteiger partial charge in [-0.05, 0) is 113 Å². The second-order valence-electron chi connectivity index (χ2n) is 10.9. The Hall–Kier alpha value is -6.04. The van der Waals surface area contributed by atoms with Crippen molar-refractivity contribution >= 4 is 60.8 Å². The van der Waals surface area contributed by atoms with Crippen molar-refractivity contribution in [1.82, 2.24) is 0 Å². The van der Waals surface area contributed by atoms with Crippen LogP contribution in [0.25, 0.3) is 32.3 Å². The monoisotopic (exact) mass is 576 g/mol. The maximum absolute atomic E-state index is 5.58. The Morgan fingerprint density at radius 1 is 0.533 bits per heavy atom. The van der Waals surface area contributed by atoms with E-state index in [0.717, 1.165) is 34.1 Å². The van der Waals surface area contributed by atoms with Crippen molar-refractivity contribution in [3.05, 3.63) is 176 Å². The molecule has 0 spiro atoms. The van der Waals surface area contributed by atoms with Gasteiger partial charge in [-0.3, -0.25) is 0 Å². The van der Waals surface area contributed by atoms with Crippen molar-refractivity contribution < 1.29 is 0 Å². The lowest BCUT2D eigenvalue weighted by molar-refractivity contribution is 1.19. The minimum Gasteiger partial charge on any atom is -0.311 e. The SMILES string of the molecule is C#CC=CC(=CC)N(c1ccccc1)c1ccc(N(c2ccccc2)c2cccc3cc4ccc5ccccc5c4cc23)cc1. The van der Waals surface area contributed by atoms with Crippen molar-refractivity contribution in [2.75, 3.05) is 9.80 Å². The summed E-state index contributed by atoms with van der Waals surface area (Å²) in [5.74, 6) is 2.63. The maximum atomic E-state index is 5.58. The largest absolute Gasteiger partial charge is 0.311 e. The molecule has 0 fully saturated rings. The minimum absolute atomic E-state index is 1.000. The van der Waals surface area contributed by atoms with Crippen molar-refractivity contribution in [1.29, 1.82) is 0 Å². The third-order valence-electron chi connectivity index (χ3n) is 8.26. The van der Waals surface area contributed by atoms with Gasteiger partial charge in [-0.15, -0.1) is 6.42 Å². The molecule has 0 saturated heterocycles. The molecule has 0 bridgehead atoms. The molecule has 0 atom stereocenters. The molecule has 0 aliphatic carbocycles. The van der Waals surface area contributed by atoms with Gasteiger partial charge in [0.2, 0.25) is 0 Å². The number of hydrogen-bond donors (Lipinski definition) is 0. The first kappa shape index (κ1) is 27.8. The van der Waals surface area contributed by atoms with Crippen LogP contribution in [-0.2, 0) is 0 Å². The molecule has 0 aromatic heterocycles. The lowest BCUT2D eigenvalue weighted by Crippen LogP contribution is -2.15. The molecule has 0 aliphatic heterocycles. The fourth-order valence-electron chi connectivity index (χ4n) is 6.17. The summed E-state index contributed by atoms with van der Waals surface area (Å²) in [5.41, 5.74) is 6.41. The first-order valence-corrected chi connectivity index (χ1v) is 15.2. The van der Waals surface area contributed by atoms with E-state index in [0.29, 0.717) is 0 Å². The molecule has 7 aromatic carbocycles. The summed E-state index contributed by atoms with van der Waals surface area (Å²) >= 11 is 0. The molecule has 0 amide bonds. The van der Waals surface area contributed by atoms with Gasteiger partial charge in [0.25, 0.3) is 0 Å². The zero-order valence-electron chi connectivity index (χ0n) is 25.1. The summed E-state index contributed by atoms with van der Waals surface area (Å²) in [6.07, 6.45) is 11.4. The second kappa shape index (κ2) is 12.3. The van der Waals surface area contributed by atoms with Crippen LogP contribution in [0.3, 0.4) is 0 Å². The summed E-state index contributed by atoms with van der Waals surface area (Å²) in [6, 6.07) is 54.0. The lowest BCUT2D eigenvalue weighted by Gasteiger charge is -2.29. The number of para-hydroxylation sites is 2. The van der Waals surface area contributed by atoms with Crippen LogP contribution in [0.15, 0.2) is 176 Å². The fraction of sp³-hybridized carbons (Fsp3) is 0.0233. The van der Waals surface area contributed by atoms with Gasteiger partial charge in [-0.2, -0.15) is 0 Å². The highest BCUT2D eigenvalue weighted by Crippen LogP contribution is 2.42. The Bertz CT molecular complexity index is 2220. The molecular formula is C43H32N2. The quantitative estimate of drug-likeness (QED) is 0.0806. The van der Waals surface area contributed by atoms with Gasteiger partial charge in [0.15, 0.2) is 0 Å². The molecule has 2 nitrogen and oxygen atoms in total. The third-order valence-corrected chi connectivity index (χ3v) is 8.26. The number of rotatable bonds is 7. The molecule has 0 unspecified atom stereocenters. The van der Waals surface area contributed by atoms with Crippen molar-refractivity contribution in [3.8, 4) is 12.3 Å². The van der Waals surface area contributed by atoms with Gasteiger partial charge in [0, 0.05) is 33.8 Å². The minimum atomic E-state index is 1.000. The molecule has 7 rings (SSSR count). The van der Waals surface area contributed by atoms with E-state index in [1.165, 1.54) is 32.3 Å². The molecule has 214 valence electrons. The highest BCUT2D eigenvalue weighted by atomic mass is 15.2. The number of hydrogen-bond acceptors (Lipinski definition) is 2. The second-order valence-corrected chi connectivity index (χ2v) is 10.9. The predicted molar refractivity (Wildman–Crippen MR) is 194 cm³/mol. The average molecular weight is 577 g/mol. The van der Waals surface area contributed by atoms with Gasteiger partial charge in [-0.25, -0.2) is 0 Å². The molecule has 0 saturated carbocycles. The molecule has 7 aromatic rings. The number of fused-ring (bicyclic) bond motifs is 4. The van der Waals surface area contributed by atoms with E-state index in [2.05, 4.69) is 167 Å². The van der Waals surface area contributed by atoms with Crippen molar-refractivity contribution in [2.45, 2.75) is 6.92 Å². The fourth-order valence-corrected chi connectivity index (χ4v) is 6.17. The number of benzene rings is 7. The summed E-state index contributed by atoms with van der Waals surface area (Å²) in [7, 11) is 0. The molecule has 0 heterocycles. The van der Waals surface area contributed by atoms with Crippen LogP contribution < -0.4 is 9.80 Å². The van der Waals surface area contributed by atoms with Crippen LogP contribution in [0.2, 0.25) is 0 Å². The van der Waals surface area contributed by atoms with E-state index in [4.69, 9.17) is 6.42 Å². The Morgan fingerprint density at radius 3 is 1.84 bits per heavy atom. The van der Waals surface area contributed by atoms with E-state index >= 15 is 0 Å². The molecule has 0 N–H and O–H groups in total. The summed E-state index contributed by atoms with van der Waals surface area (Å²) in [4.78, 5) is 4.57. The van der Waals surface area contributed by atoms with Crippen molar-refractivity contribution in [3.63, 3.8) is 0 Å². The number of anilines is 5. The molecular weight excluding hydrogens is 544 g/mol. The summed E-state index contributed by atoms with van der Waals surface area (Å²) in [5, 5.41) is 7.43. The number of allylic oxidation sites excluding steroid dienone is 3. The van der Waals surface area contributed by atoms with E-state index in [1.807, 2.05) is 19.1 Å². The van der Waals surface area contributed by atoms with Crippen LogP contribution in [0, 0.1) is 12.3 Å². The first-order chi connectivity index (χ1) is 22.2. The number of nitrogens with zero attached hydrogens (tertiary/aromatic N) is 2. The van der Waals surface area contributed by atoms with Gasteiger partial charge >= 0.3 is 0 Å². The normalized spacial score (nSPS) is 11.7. The summed E-state index contributed by atoms with van der Waals surface area (Å²) in [6.45, 7) is 2.03. The molecule has 0 radical (unpaired) electrons. The van der Waals surface area contributed by atoms with Crippen LogP contribution in [0.5, 0.6) is 0 Å². The Labute approximate surface area is 264 Å². The smallest absolute Gasteiger partial charge is 0.0540 e. The molecule has 2 heteroatoms. The standard InChI is InChI=1S/C43H32N2/c1-3-5-17-35(4-2)44(36-18-8-6-9-19-36)38-26-28-39(29-27-38)45(37-20-10-7-11-21-37)43-23-14-16-33-30-34-25-24-32-15-12-13-22-40(32)41(34)31-42(33)43/h1,4-31H,2H3.